The van der Waals surface area contributed by atoms with E-state index in [4.69, 9.17) is 0 Å². The lowest BCUT2D eigenvalue weighted by atomic mass is 9.96. The van der Waals surface area contributed by atoms with Gasteiger partial charge in [-0.1, -0.05) is 23.4 Å². The average Bonchev–Trinajstić information content (AvgIpc) is 3.03. The minimum atomic E-state index is -0.270. The van der Waals surface area contributed by atoms with Crippen molar-refractivity contribution < 1.29 is 9.18 Å². The first-order valence-corrected chi connectivity index (χ1v) is 11.2. The molecule has 1 atom stereocenters. The Balaban J connectivity index is 1.40. The molecular weight excluding hydrogens is 413 g/mol. The summed E-state index contributed by atoms with van der Waals surface area (Å²) in [6, 6.07) is 10.9. The van der Waals surface area contributed by atoms with E-state index in [0.717, 1.165) is 51.7 Å². The van der Waals surface area contributed by atoms with Crippen LogP contribution in [0.1, 0.15) is 24.5 Å². The fourth-order valence-electron chi connectivity index (χ4n) is 4.32. The van der Waals surface area contributed by atoms with Gasteiger partial charge in [0.15, 0.2) is 5.65 Å². The normalized spacial score (nSPS) is 16.1. The summed E-state index contributed by atoms with van der Waals surface area (Å²) in [6.07, 6.45) is 1.58. The summed E-state index contributed by atoms with van der Waals surface area (Å²) in [5, 5.41) is 10.2. The van der Waals surface area contributed by atoms with E-state index in [2.05, 4.69) is 33.4 Å². The molecule has 0 aliphatic carbocycles. The Morgan fingerprint density at radius 3 is 2.90 bits per heavy atom. The number of anilines is 1. The third-order valence-corrected chi connectivity index (χ3v) is 6.72. The highest BCUT2D eigenvalue weighted by Gasteiger charge is 2.28. The van der Waals surface area contributed by atoms with Crippen LogP contribution in [0.15, 0.2) is 41.6 Å². The molecule has 4 aromatic rings. The molecule has 8 heteroatoms. The van der Waals surface area contributed by atoms with E-state index in [9.17, 15) is 9.18 Å². The number of hydrogen-bond donors (Lipinski definition) is 0. The van der Waals surface area contributed by atoms with Gasteiger partial charge >= 0.3 is 0 Å². The standard InChI is InChI=1S/C23H22FN5OS/c1-13-4-8-19-17(10-13)21-22(28(19)3)25-23(27-26-21)31-12-20(30)29-14(2)5-6-15-11-16(24)7-9-18(15)29/h4,7-11,14H,5-6,12H2,1-3H3/t14-/m0/s1. The summed E-state index contributed by atoms with van der Waals surface area (Å²) >= 11 is 1.28. The number of aromatic nitrogens is 4. The Kier molecular flexibility index (Phi) is 4.89. The van der Waals surface area contributed by atoms with Crippen LogP contribution in [-0.2, 0) is 18.3 Å². The van der Waals surface area contributed by atoms with Gasteiger partial charge in [0.25, 0.3) is 0 Å². The van der Waals surface area contributed by atoms with Gasteiger partial charge in [0.05, 0.1) is 11.3 Å². The van der Waals surface area contributed by atoms with Crippen LogP contribution in [0.25, 0.3) is 22.1 Å². The van der Waals surface area contributed by atoms with Crippen LogP contribution < -0.4 is 4.90 Å². The van der Waals surface area contributed by atoms with E-state index < -0.39 is 0 Å². The zero-order chi connectivity index (χ0) is 21.7. The number of amides is 1. The van der Waals surface area contributed by atoms with Crippen molar-refractivity contribution in [3.05, 3.63) is 53.3 Å². The molecule has 0 saturated heterocycles. The summed E-state index contributed by atoms with van der Waals surface area (Å²) in [5.74, 6) is -0.119. The molecule has 0 radical (unpaired) electrons. The minimum absolute atomic E-state index is 0.0403. The van der Waals surface area contributed by atoms with Crippen molar-refractivity contribution in [2.75, 3.05) is 10.7 Å². The number of thioether (sulfide) groups is 1. The van der Waals surface area contributed by atoms with Crippen molar-refractivity contribution in [1.82, 2.24) is 19.7 Å². The van der Waals surface area contributed by atoms with Gasteiger partial charge in [-0.25, -0.2) is 9.37 Å². The molecule has 1 amide bonds. The van der Waals surface area contributed by atoms with E-state index in [-0.39, 0.29) is 23.5 Å². The Morgan fingerprint density at radius 2 is 2.06 bits per heavy atom. The predicted octanol–water partition coefficient (Wildman–Crippen LogP) is 4.42. The highest BCUT2D eigenvalue weighted by atomic mass is 32.2. The second-order valence-electron chi connectivity index (χ2n) is 8.06. The van der Waals surface area contributed by atoms with E-state index in [0.29, 0.717) is 5.16 Å². The minimum Gasteiger partial charge on any atom is -0.327 e. The molecule has 3 heterocycles. The van der Waals surface area contributed by atoms with Crippen LogP contribution in [-0.4, -0.2) is 37.5 Å². The van der Waals surface area contributed by atoms with Crippen LogP contribution in [0.3, 0.4) is 0 Å². The van der Waals surface area contributed by atoms with Gasteiger partial charge in [-0.2, -0.15) is 0 Å². The molecule has 1 aliphatic heterocycles. The fraction of sp³-hybridized carbons (Fsp3) is 0.304. The van der Waals surface area contributed by atoms with Crippen LogP contribution in [0, 0.1) is 12.7 Å². The molecule has 0 bridgehead atoms. The summed E-state index contributed by atoms with van der Waals surface area (Å²) < 4.78 is 15.6. The topological polar surface area (TPSA) is 63.9 Å². The molecule has 0 spiro atoms. The number of carbonyl (C=O) groups is 1. The van der Waals surface area contributed by atoms with E-state index in [1.165, 1.54) is 23.9 Å². The number of fused-ring (bicyclic) bond motifs is 4. The summed E-state index contributed by atoms with van der Waals surface area (Å²) in [4.78, 5) is 19.5. The van der Waals surface area contributed by atoms with E-state index in [1.807, 2.05) is 25.5 Å². The van der Waals surface area contributed by atoms with Crippen molar-refractivity contribution in [3.63, 3.8) is 0 Å². The second-order valence-corrected chi connectivity index (χ2v) is 9.00. The van der Waals surface area contributed by atoms with Crippen molar-refractivity contribution in [1.29, 1.82) is 0 Å². The van der Waals surface area contributed by atoms with E-state index >= 15 is 0 Å². The molecule has 2 aromatic carbocycles. The van der Waals surface area contributed by atoms with Crippen LogP contribution >= 0.6 is 11.8 Å². The summed E-state index contributed by atoms with van der Waals surface area (Å²) in [7, 11) is 1.96. The molecule has 2 aromatic heterocycles. The maximum Gasteiger partial charge on any atom is 0.237 e. The van der Waals surface area contributed by atoms with Gasteiger partial charge in [-0.15, -0.1) is 10.2 Å². The van der Waals surface area contributed by atoms with Crippen molar-refractivity contribution >= 4 is 45.4 Å². The largest absolute Gasteiger partial charge is 0.327 e. The molecule has 0 N–H and O–H groups in total. The lowest BCUT2D eigenvalue weighted by Gasteiger charge is -2.35. The number of rotatable bonds is 3. The van der Waals surface area contributed by atoms with Gasteiger partial charge in [-0.05, 0) is 62.6 Å². The lowest BCUT2D eigenvalue weighted by molar-refractivity contribution is -0.116. The first kappa shape index (κ1) is 19.9. The van der Waals surface area contributed by atoms with Gasteiger partial charge in [0, 0.05) is 24.2 Å². The van der Waals surface area contributed by atoms with Gasteiger partial charge in [0.2, 0.25) is 11.1 Å². The maximum absolute atomic E-state index is 13.6. The third-order valence-electron chi connectivity index (χ3n) is 5.90. The molecular formula is C23H22FN5OS. The molecule has 5 rings (SSSR count). The number of hydrogen-bond acceptors (Lipinski definition) is 5. The molecule has 0 fully saturated rings. The van der Waals surface area contributed by atoms with Crippen LogP contribution in [0.2, 0.25) is 0 Å². The highest BCUT2D eigenvalue weighted by molar-refractivity contribution is 7.99. The van der Waals surface area contributed by atoms with Crippen LogP contribution in [0.4, 0.5) is 10.1 Å². The molecule has 158 valence electrons. The maximum atomic E-state index is 13.6. The van der Waals surface area contributed by atoms with E-state index in [1.54, 1.807) is 11.0 Å². The fourth-order valence-corrected chi connectivity index (χ4v) is 4.96. The zero-order valence-corrected chi connectivity index (χ0v) is 18.4. The quantitative estimate of drug-likeness (QED) is 0.446. The van der Waals surface area contributed by atoms with Crippen molar-refractivity contribution in [3.8, 4) is 0 Å². The SMILES string of the molecule is Cc1ccc2c(c1)c1nnc(SCC(=O)N3c4ccc(F)cc4CC[C@@H]3C)nc1n2C. The van der Waals surface area contributed by atoms with Gasteiger partial charge in [0.1, 0.15) is 11.3 Å². The van der Waals surface area contributed by atoms with Crippen molar-refractivity contribution in [2.24, 2.45) is 7.05 Å². The third kappa shape index (κ3) is 3.44. The molecule has 31 heavy (non-hydrogen) atoms. The average molecular weight is 436 g/mol. The smallest absolute Gasteiger partial charge is 0.237 e. The Bertz CT molecular complexity index is 1330. The Hall–Kier alpha value is -3.00. The Labute approximate surface area is 183 Å². The van der Waals surface area contributed by atoms with Gasteiger partial charge in [-0.3, -0.25) is 4.79 Å². The van der Waals surface area contributed by atoms with Gasteiger partial charge < -0.3 is 9.47 Å². The highest BCUT2D eigenvalue weighted by Crippen LogP contribution is 2.32. The molecule has 0 unspecified atom stereocenters. The van der Waals surface area contributed by atoms with Crippen LogP contribution in [0.5, 0.6) is 0 Å². The first-order chi connectivity index (χ1) is 14.9. The monoisotopic (exact) mass is 435 g/mol. The molecule has 0 saturated carbocycles. The number of halogens is 1. The summed E-state index contributed by atoms with van der Waals surface area (Å²) in [6.45, 7) is 4.07. The Morgan fingerprint density at radius 1 is 1.23 bits per heavy atom. The second kappa shape index (κ2) is 7.60. The molecule has 1 aliphatic rings. The summed E-state index contributed by atoms with van der Waals surface area (Å²) in [5.41, 5.74) is 5.38. The predicted molar refractivity (Wildman–Crippen MR) is 121 cm³/mol. The number of carbonyl (C=O) groups excluding carboxylic acids is 1. The molecule has 6 nitrogen and oxygen atoms in total. The zero-order valence-electron chi connectivity index (χ0n) is 17.6. The number of nitrogens with zero attached hydrogens (tertiary/aromatic N) is 5. The number of aryl methyl sites for hydroxylation is 3. The number of benzene rings is 2. The first-order valence-electron chi connectivity index (χ1n) is 10.2. The lowest BCUT2D eigenvalue weighted by Crippen LogP contribution is -2.43. The van der Waals surface area contributed by atoms with Crippen molar-refractivity contribution in [2.45, 2.75) is 37.9 Å².